The molecular formula is C17H14ClN3S. The zero-order chi connectivity index (χ0) is 15.7. The van der Waals surface area contributed by atoms with E-state index in [1.165, 1.54) is 5.56 Å². The predicted octanol–water partition coefficient (Wildman–Crippen LogP) is 4.80. The van der Waals surface area contributed by atoms with Gasteiger partial charge in [-0.15, -0.1) is 0 Å². The van der Waals surface area contributed by atoms with Crippen molar-refractivity contribution in [3.63, 3.8) is 0 Å². The summed E-state index contributed by atoms with van der Waals surface area (Å²) in [6.07, 6.45) is 0. The second kappa shape index (κ2) is 5.96. The Hall–Kier alpha value is -2.09. The van der Waals surface area contributed by atoms with Gasteiger partial charge in [-0.05, 0) is 53.9 Å². The molecule has 0 spiro atoms. The molecule has 3 aromatic rings. The van der Waals surface area contributed by atoms with Gasteiger partial charge >= 0.3 is 0 Å². The first-order chi connectivity index (χ1) is 10.6. The van der Waals surface area contributed by atoms with Gasteiger partial charge in [-0.2, -0.15) is 21.7 Å². The molecule has 2 heterocycles. The van der Waals surface area contributed by atoms with E-state index in [0.717, 1.165) is 29.1 Å². The summed E-state index contributed by atoms with van der Waals surface area (Å²) in [6, 6.07) is 9.72. The smallest absolute Gasteiger partial charge is 0.101 e. The van der Waals surface area contributed by atoms with Crippen molar-refractivity contribution in [2.75, 3.05) is 0 Å². The molecule has 0 aliphatic rings. The van der Waals surface area contributed by atoms with Crippen molar-refractivity contribution in [2.24, 2.45) is 0 Å². The van der Waals surface area contributed by atoms with E-state index in [4.69, 9.17) is 16.9 Å². The van der Waals surface area contributed by atoms with Crippen LogP contribution in [-0.4, -0.2) is 9.78 Å². The molecule has 0 amide bonds. The maximum Gasteiger partial charge on any atom is 0.101 e. The third-order valence-corrected chi connectivity index (χ3v) is 4.72. The molecule has 0 bridgehead atoms. The van der Waals surface area contributed by atoms with Crippen LogP contribution in [-0.2, 0) is 6.54 Å². The molecule has 3 rings (SSSR count). The van der Waals surface area contributed by atoms with Crippen LogP contribution < -0.4 is 0 Å². The number of nitrogens with zero attached hydrogens (tertiary/aromatic N) is 3. The second-order valence-corrected chi connectivity index (χ2v) is 6.33. The van der Waals surface area contributed by atoms with Gasteiger partial charge in [-0.3, -0.25) is 4.68 Å². The molecule has 0 saturated heterocycles. The lowest BCUT2D eigenvalue weighted by molar-refractivity contribution is 0.660. The van der Waals surface area contributed by atoms with Crippen molar-refractivity contribution >= 4 is 22.9 Å². The number of thiophene rings is 1. The molecule has 3 nitrogen and oxygen atoms in total. The topological polar surface area (TPSA) is 41.6 Å². The van der Waals surface area contributed by atoms with Crippen LogP contribution in [0.1, 0.15) is 22.5 Å². The number of aromatic nitrogens is 2. The average molecular weight is 328 g/mol. The highest BCUT2D eigenvalue weighted by atomic mass is 35.5. The van der Waals surface area contributed by atoms with Crippen LogP contribution in [0.4, 0.5) is 0 Å². The Bertz CT molecular complexity index is 857. The lowest BCUT2D eigenvalue weighted by Crippen LogP contribution is -2.03. The summed E-state index contributed by atoms with van der Waals surface area (Å²) in [7, 11) is 0. The molecule has 110 valence electrons. The molecule has 0 fully saturated rings. The molecule has 0 aliphatic heterocycles. The fourth-order valence-electron chi connectivity index (χ4n) is 2.59. The number of hydrogen-bond acceptors (Lipinski definition) is 3. The van der Waals surface area contributed by atoms with Gasteiger partial charge in [0.1, 0.15) is 6.07 Å². The van der Waals surface area contributed by atoms with E-state index < -0.39 is 0 Å². The van der Waals surface area contributed by atoms with E-state index in [2.05, 4.69) is 34.9 Å². The third-order valence-electron chi connectivity index (χ3n) is 3.67. The molecule has 0 N–H and O–H groups in total. The minimum Gasteiger partial charge on any atom is -0.265 e. The number of halogens is 1. The van der Waals surface area contributed by atoms with E-state index >= 15 is 0 Å². The summed E-state index contributed by atoms with van der Waals surface area (Å²) in [5.74, 6) is 0. The van der Waals surface area contributed by atoms with Gasteiger partial charge < -0.3 is 0 Å². The molecule has 22 heavy (non-hydrogen) atoms. The second-order valence-electron chi connectivity index (χ2n) is 5.14. The Balaban J connectivity index is 2.03. The molecule has 0 saturated carbocycles. The highest BCUT2D eigenvalue weighted by Gasteiger charge is 2.15. The first-order valence-corrected chi connectivity index (χ1v) is 8.17. The van der Waals surface area contributed by atoms with E-state index in [-0.39, 0.29) is 0 Å². The highest BCUT2D eigenvalue weighted by Crippen LogP contribution is 2.30. The van der Waals surface area contributed by atoms with E-state index in [9.17, 15) is 0 Å². The molecule has 0 radical (unpaired) electrons. The molecule has 1 aromatic carbocycles. The summed E-state index contributed by atoms with van der Waals surface area (Å²) in [4.78, 5) is 0. The summed E-state index contributed by atoms with van der Waals surface area (Å²) >= 11 is 7.85. The van der Waals surface area contributed by atoms with E-state index in [1.54, 1.807) is 17.4 Å². The Morgan fingerprint density at radius 3 is 2.77 bits per heavy atom. The Kier molecular flexibility index (Phi) is 4.02. The zero-order valence-electron chi connectivity index (χ0n) is 12.3. The normalized spacial score (nSPS) is 10.6. The first-order valence-electron chi connectivity index (χ1n) is 6.85. The van der Waals surface area contributed by atoms with Crippen LogP contribution in [0.25, 0.3) is 11.1 Å². The molecule has 0 atom stereocenters. The summed E-state index contributed by atoms with van der Waals surface area (Å²) in [6.45, 7) is 4.83. The third kappa shape index (κ3) is 2.66. The van der Waals surface area contributed by atoms with Crippen LogP contribution in [0.5, 0.6) is 0 Å². The van der Waals surface area contributed by atoms with E-state index in [0.29, 0.717) is 10.6 Å². The van der Waals surface area contributed by atoms with Crippen molar-refractivity contribution in [3.8, 4) is 17.2 Å². The molecule has 0 unspecified atom stereocenters. The standard InChI is InChI=1S/C17H14ClN3S/c1-11-17(14-3-4-15(8-19)16(18)7-14)12(2)21(20-11)9-13-5-6-22-10-13/h3-7,10H,9H2,1-2H3. The van der Waals surface area contributed by atoms with Crippen molar-refractivity contribution in [3.05, 3.63) is 62.6 Å². The van der Waals surface area contributed by atoms with Gasteiger partial charge in [-0.1, -0.05) is 17.7 Å². The fraction of sp³-hybridized carbons (Fsp3) is 0.176. The van der Waals surface area contributed by atoms with Gasteiger partial charge in [0, 0.05) is 11.3 Å². The van der Waals surface area contributed by atoms with Crippen molar-refractivity contribution < 1.29 is 0 Å². The van der Waals surface area contributed by atoms with Gasteiger partial charge in [0.2, 0.25) is 0 Å². The van der Waals surface area contributed by atoms with Gasteiger partial charge in [0.05, 0.1) is 22.8 Å². The quantitative estimate of drug-likeness (QED) is 0.693. The average Bonchev–Trinajstić information content (AvgIpc) is 3.08. The molecule has 2 aromatic heterocycles. The van der Waals surface area contributed by atoms with Gasteiger partial charge in [0.15, 0.2) is 0 Å². The van der Waals surface area contributed by atoms with Crippen LogP contribution in [0, 0.1) is 25.2 Å². The van der Waals surface area contributed by atoms with E-state index in [1.807, 2.05) is 23.7 Å². The molecule has 0 aliphatic carbocycles. The van der Waals surface area contributed by atoms with Crippen LogP contribution in [0.3, 0.4) is 0 Å². The van der Waals surface area contributed by atoms with Crippen LogP contribution >= 0.6 is 22.9 Å². The Morgan fingerprint density at radius 1 is 1.32 bits per heavy atom. The first kappa shape index (κ1) is 14.8. The summed E-state index contributed by atoms with van der Waals surface area (Å²) in [5, 5.41) is 18.3. The van der Waals surface area contributed by atoms with Crippen molar-refractivity contribution in [1.82, 2.24) is 9.78 Å². The Labute approximate surface area is 138 Å². The maximum absolute atomic E-state index is 8.99. The fourth-order valence-corrected chi connectivity index (χ4v) is 3.47. The van der Waals surface area contributed by atoms with Crippen LogP contribution in [0.15, 0.2) is 35.0 Å². The summed E-state index contributed by atoms with van der Waals surface area (Å²) < 4.78 is 2.01. The number of hydrogen-bond donors (Lipinski definition) is 0. The number of benzene rings is 1. The summed E-state index contributed by atoms with van der Waals surface area (Å²) in [5.41, 5.74) is 5.89. The maximum atomic E-state index is 8.99. The number of aryl methyl sites for hydroxylation is 1. The monoisotopic (exact) mass is 327 g/mol. The Morgan fingerprint density at radius 2 is 2.14 bits per heavy atom. The number of nitriles is 1. The SMILES string of the molecule is Cc1nn(Cc2ccsc2)c(C)c1-c1ccc(C#N)c(Cl)c1. The van der Waals surface area contributed by atoms with Gasteiger partial charge in [-0.25, -0.2) is 0 Å². The van der Waals surface area contributed by atoms with Crippen LogP contribution in [0.2, 0.25) is 5.02 Å². The van der Waals surface area contributed by atoms with Gasteiger partial charge in [0.25, 0.3) is 0 Å². The number of rotatable bonds is 3. The van der Waals surface area contributed by atoms with Crippen molar-refractivity contribution in [1.29, 1.82) is 5.26 Å². The zero-order valence-corrected chi connectivity index (χ0v) is 13.9. The largest absolute Gasteiger partial charge is 0.265 e. The molecule has 5 heteroatoms. The minimum atomic E-state index is 0.476. The molecular weight excluding hydrogens is 314 g/mol. The predicted molar refractivity (Wildman–Crippen MR) is 90.3 cm³/mol. The minimum absolute atomic E-state index is 0.476. The lowest BCUT2D eigenvalue weighted by Gasteiger charge is -2.06. The lowest BCUT2D eigenvalue weighted by atomic mass is 10.0. The highest BCUT2D eigenvalue weighted by molar-refractivity contribution is 7.07. The van der Waals surface area contributed by atoms with Crippen molar-refractivity contribution in [2.45, 2.75) is 20.4 Å².